The van der Waals surface area contributed by atoms with E-state index in [-0.39, 0.29) is 0 Å². The number of benzene rings is 1. The number of aromatic carboxylic acids is 1. The first-order valence-corrected chi connectivity index (χ1v) is 8.65. The second-order valence-electron chi connectivity index (χ2n) is 6.60. The van der Waals surface area contributed by atoms with Crippen molar-refractivity contribution in [2.24, 2.45) is 0 Å². The third-order valence-electron chi connectivity index (χ3n) is 4.90. The maximum Gasteiger partial charge on any atom is 0.335 e. The van der Waals surface area contributed by atoms with Crippen molar-refractivity contribution >= 4 is 5.97 Å². The highest BCUT2D eigenvalue weighted by atomic mass is 16.4. The fourth-order valence-electron chi connectivity index (χ4n) is 3.49. The van der Waals surface area contributed by atoms with E-state index in [9.17, 15) is 4.79 Å². The van der Waals surface area contributed by atoms with Gasteiger partial charge in [0, 0.05) is 31.4 Å². The Balaban J connectivity index is 1.67. The molecule has 2 heterocycles. The number of carbonyl (C=O) groups is 1. The molecule has 5 nitrogen and oxygen atoms in total. The second kappa shape index (κ2) is 7.18. The maximum atomic E-state index is 11.0. The number of carboxylic acids is 1. The van der Waals surface area contributed by atoms with E-state index in [0.717, 1.165) is 38.3 Å². The molecule has 0 unspecified atom stereocenters. The lowest BCUT2D eigenvalue weighted by molar-refractivity contribution is 0.0697. The SMILES string of the molecule is CCn1cc(CN2CCC[C@@H](c3ccc(C(=O)O)cc3)C2)c(C)n1. The molecule has 0 amide bonds. The zero-order chi connectivity index (χ0) is 17.1. The molecule has 0 radical (unpaired) electrons. The van der Waals surface area contributed by atoms with Crippen molar-refractivity contribution in [1.29, 1.82) is 0 Å². The Kier molecular flexibility index (Phi) is 5.00. The molecule has 0 bridgehead atoms. The summed E-state index contributed by atoms with van der Waals surface area (Å²) in [4.78, 5) is 13.5. The number of hydrogen-bond acceptors (Lipinski definition) is 3. The average molecular weight is 327 g/mol. The molecular weight excluding hydrogens is 302 g/mol. The molecule has 3 rings (SSSR count). The molecule has 128 valence electrons. The van der Waals surface area contributed by atoms with Gasteiger partial charge in [-0.25, -0.2) is 4.79 Å². The summed E-state index contributed by atoms with van der Waals surface area (Å²) in [7, 11) is 0. The number of nitrogens with zero attached hydrogens (tertiary/aromatic N) is 3. The van der Waals surface area contributed by atoms with Gasteiger partial charge in [-0.15, -0.1) is 0 Å². The van der Waals surface area contributed by atoms with Gasteiger partial charge in [-0.2, -0.15) is 5.10 Å². The first-order valence-electron chi connectivity index (χ1n) is 8.65. The van der Waals surface area contributed by atoms with Crippen molar-refractivity contribution in [3.05, 3.63) is 52.8 Å². The Morgan fingerprint density at radius 3 is 2.71 bits per heavy atom. The van der Waals surface area contributed by atoms with Crippen molar-refractivity contribution in [3.8, 4) is 0 Å². The molecule has 1 saturated heterocycles. The molecule has 1 aliphatic heterocycles. The Morgan fingerprint density at radius 2 is 2.08 bits per heavy atom. The van der Waals surface area contributed by atoms with Gasteiger partial charge < -0.3 is 5.11 Å². The topological polar surface area (TPSA) is 58.4 Å². The van der Waals surface area contributed by atoms with E-state index >= 15 is 0 Å². The van der Waals surface area contributed by atoms with Gasteiger partial charge in [0.1, 0.15) is 0 Å². The maximum absolute atomic E-state index is 11.0. The Hall–Kier alpha value is -2.14. The lowest BCUT2D eigenvalue weighted by Crippen LogP contribution is -2.34. The minimum atomic E-state index is -0.866. The van der Waals surface area contributed by atoms with Gasteiger partial charge in [-0.3, -0.25) is 9.58 Å². The van der Waals surface area contributed by atoms with E-state index in [2.05, 4.69) is 30.0 Å². The van der Waals surface area contributed by atoms with Crippen LogP contribution in [-0.2, 0) is 13.1 Å². The quantitative estimate of drug-likeness (QED) is 0.915. The average Bonchev–Trinajstić information content (AvgIpc) is 2.95. The largest absolute Gasteiger partial charge is 0.478 e. The zero-order valence-electron chi connectivity index (χ0n) is 14.4. The third kappa shape index (κ3) is 3.67. The standard InChI is InChI=1S/C19H25N3O2/c1-3-22-13-18(14(2)20-22)12-21-10-4-5-17(11-21)15-6-8-16(9-7-15)19(23)24/h6-9,13,17H,3-5,10-12H2,1-2H3,(H,23,24)/t17-/m1/s1. The number of carboxylic acid groups (broad SMARTS) is 1. The number of piperidine rings is 1. The first kappa shape index (κ1) is 16.7. The summed E-state index contributed by atoms with van der Waals surface area (Å²) in [5.41, 5.74) is 4.02. The molecule has 1 fully saturated rings. The van der Waals surface area contributed by atoms with Crippen molar-refractivity contribution in [2.45, 2.75) is 45.7 Å². The molecule has 24 heavy (non-hydrogen) atoms. The van der Waals surface area contributed by atoms with Crippen LogP contribution >= 0.6 is 0 Å². The number of aromatic nitrogens is 2. The molecule has 1 aromatic heterocycles. The lowest BCUT2D eigenvalue weighted by atomic mass is 9.90. The van der Waals surface area contributed by atoms with Gasteiger partial charge in [0.05, 0.1) is 11.3 Å². The lowest BCUT2D eigenvalue weighted by Gasteiger charge is -2.33. The van der Waals surface area contributed by atoms with Gasteiger partial charge in [-0.1, -0.05) is 12.1 Å². The molecule has 1 aromatic carbocycles. The van der Waals surface area contributed by atoms with Gasteiger partial charge in [-0.05, 0) is 56.8 Å². The summed E-state index contributed by atoms with van der Waals surface area (Å²) in [6.45, 7) is 8.15. The van der Waals surface area contributed by atoms with Crippen LogP contribution in [0.1, 0.15) is 52.9 Å². The molecule has 0 saturated carbocycles. The number of rotatable bonds is 5. The summed E-state index contributed by atoms with van der Waals surface area (Å²) in [6, 6.07) is 7.37. The predicted molar refractivity (Wildman–Crippen MR) is 93.3 cm³/mol. The van der Waals surface area contributed by atoms with Crippen LogP contribution in [0.25, 0.3) is 0 Å². The van der Waals surface area contributed by atoms with Crippen LogP contribution in [-0.4, -0.2) is 38.8 Å². The van der Waals surface area contributed by atoms with Gasteiger partial charge in [0.2, 0.25) is 0 Å². The van der Waals surface area contributed by atoms with Crippen molar-refractivity contribution < 1.29 is 9.90 Å². The summed E-state index contributed by atoms with van der Waals surface area (Å²) in [5, 5.41) is 13.6. The fraction of sp³-hybridized carbons (Fsp3) is 0.474. The number of aryl methyl sites for hydroxylation is 2. The molecule has 1 aliphatic rings. The van der Waals surface area contributed by atoms with Crippen LogP contribution in [0.4, 0.5) is 0 Å². The van der Waals surface area contributed by atoms with Crippen LogP contribution in [0.3, 0.4) is 0 Å². The number of hydrogen-bond donors (Lipinski definition) is 1. The van der Waals surface area contributed by atoms with Crippen LogP contribution in [0, 0.1) is 6.92 Å². The Labute approximate surface area is 142 Å². The highest BCUT2D eigenvalue weighted by Gasteiger charge is 2.22. The summed E-state index contributed by atoms with van der Waals surface area (Å²) >= 11 is 0. The van der Waals surface area contributed by atoms with Gasteiger partial charge in [0.25, 0.3) is 0 Å². The monoisotopic (exact) mass is 327 g/mol. The van der Waals surface area contributed by atoms with Crippen LogP contribution in [0.5, 0.6) is 0 Å². The van der Waals surface area contributed by atoms with E-state index in [1.807, 2.05) is 16.8 Å². The predicted octanol–water partition coefficient (Wildman–Crippen LogP) is 3.29. The van der Waals surface area contributed by atoms with Gasteiger partial charge in [0.15, 0.2) is 0 Å². The Morgan fingerprint density at radius 1 is 1.33 bits per heavy atom. The second-order valence-corrected chi connectivity index (χ2v) is 6.60. The minimum absolute atomic E-state index is 0.356. The highest BCUT2D eigenvalue weighted by Crippen LogP contribution is 2.28. The number of likely N-dealkylation sites (tertiary alicyclic amines) is 1. The first-order chi connectivity index (χ1) is 11.6. The summed E-state index contributed by atoms with van der Waals surface area (Å²) in [5.74, 6) is -0.390. The minimum Gasteiger partial charge on any atom is -0.478 e. The zero-order valence-corrected chi connectivity index (χ0v) is 14.4. The molecule has 1 N–H and O–H groups in total. The van der Waals surface area contributed by atoms with Crippen LogP contribution in [0.15, 0.2) is 30.5 Å². The normalized spacial score (nSPS) is 18.7. The smallest absolute Gasteiger partial charge is 0.335 e. The highest BCUT2D eigenvalue weighted by molar-refractivity contribution is 5.87. The third-order valence-corrected chi connectivity index (χ3v) is 4.90. The van der Waals surface area contributed by atoms with Crippen molar-refractivity contribution in [2.75, 3.05) is 13.1 Å². The molecule has 1 atom stereocenters. The van der Waals surface area contributed by atoms with Crippen molar-refractivity contribution in [1.82, 2.24) is 14.7 Å². The Bertz CT molecular complexity index is 706. The van der Waals surface area contributed by atoms with E-state index in [1.165, 1.54) is 17.5 Å². The van der Waals surface area contributed by atoms with E-state index in [4.69, 9.17) is 5.11 Å². The van der Waals surface area contributed by atoms with E-state index in [1.54, 1.807) is 12.1 Å². The van der Waals surface area contributed by atoms with Crippen LogP contribution in [0.2, 0.25) is 0 Å². The van der Waals surface area contributed by atoms with Crippen LogP contribution < -0.4 is 0 Å². The molecular formula is C19H25N3O2. The molecule has 5 heteroatoms. The van der Waals surface area contributed by atoms with Gasteiger partial charge >= 0.3 is 5.97 Å². The fourth-order valence-corrected chi connectivity index (χ4v) is 3.49. The summed E-state index contributed by atoms with van der Waals surface area (Å²) in [6.07, 6.45) is 4.49. The summed E-state index contributed by atoms with van der Waals surface area (Å²) < 4.78 is 2.00. The molecule has 2 aromatic rings. The van der Waals surface area contributed by atoms with E-state index in [0.29, 0.717) is 11.5 Å². The molecule has 0 aliphatic carbocycles. The molecule has 0 spiro atoms. The van der Waals surface area contributed by atoms with Crippen molar-refractivity contribution in [3.63, 3.8) is 0 Å². The van der Waals surface area contributed by atoms with E-state index < -0.39 is 5.97 Å².